The Bertz CT molecular complexity index is 1030. The summed E-state index contributed by atoms with van der Waals surface area (Å²) >= 11 is 0. The van der Waals surface area contributed by atoms with Crippen molar-refractivity contribution in [2.24, 2.45) is 7.05 Å². The predicted octanol–water partition coefficient (Wildman–Crippen LogP) is 5.37. The van der Waals surface area contributed by atoms with E-state index in [-0.39, 0.29) is 5.92 Å². The summed E-state index contributed by atoms with van der Waals surface area (Å²) in [5.41, 5.74) is 5.47. The molecule has 0 saturated heterocycles. The Morgan fingerprint density at radius 3 is 2.15 bits per heavy atom. The standard InChI is InChI=1S/C24H21NO/c1-25-23-15-9-8-14-20(23)22(17-26)24(25)21(19-12-6-3-7-13-19)16-18-10-4-2-5-11-18/h2-15,17,21H,16H2,1H3. The van der Waals surface area contributed by atoms with Crippen LogP contribution in [0.5, 0.6) is 0 Å². The minimum atomic E-state index is 0.121. The van der Waals surface area contributed by atoms with Crippen molar-refractivity contribution in [3.8, 4) is 0 Å². The lowest BCUT2D eigenvalue weighted by molar-refractivity contribution is 0.112. The molecule has 1 atom stereocenters. The zero-order valence-electron chi connectivity index (χ0n) is 14.8. The van der Waals surface area contributed by atoms with Crippen LogP contribution in [0.4, 0.5) is 0 Å². The number of benzene rings is 3. The second-order valence-electron chi connectivity index (χ2n) is 6.65. The highest BCUT2D eigenvalue weighted by Gasteiger charge is 2.24. The van der Waals surface area contributed by atoms with Crippen LogP contribution in [-0.4, -0.2) is 10.9 Å². The van der Waals surface area contributed by atoms with Crippen LogP contribution in [0.15, 0.2) is 84.9 Å². The van der Waals surface area contributed by atoms with Crippen molar-refractivity contribution in [1.82, 2.24) is 4.57 Å². The first kappa shape index (κ1) is 16.3. The van der Waals surface area contributed by atoms with E-state index in [0.29, 0.717) is 0 Å². The summed E-state index contributed by atoms with van der Waals surface area (Å²) in [7, 11) is 2.06. The van der Waals surface area contributed by atoms with Gasteiger partial charge in [-0.2, -0.15) is 0 Å². The molecule has 1 aromatic heterocycles. The third kappa shape index (κ3) is 2.84. The zero-order chi connectivity index (χ0) is 17.9. The Kier molecular flexibility index (Phi) is 4.40. The molecule has 0 fully saturated rings. The summed E-state index contributed by atoms with van der Waals surface area (Å²) in [4.78, 5) is 12.0. The maximum atomic E-state index is 12.0. The number of aryl methyl sites for hydroxylation is 1. The SMILES string of the molecule is Cn1c(C(Cc2ccccc2)c2ccccc2)c(C=O)c2ccccc21. The quantitative estimate of drug-likeness (QED) is 0.448. The molecule has 2 heteroatoms. The first-order valence-corrected chi connectivity index (χ1v) is 8.91. The number of carbonyl (C=O) groups is 1. The summed E-state index contributed by atoms with van der Waals surface area (Å²) in [6, 6.07) is 29.1. The maximum absolute atomic E-state index is 12.0. The van der Waals surface area contributed by atoms with Crippen molar-refractivity contribution in [3.63, 3.8) is 0 Å². The van der Waals surface area contributed by atoms with E-state index in [1.807, 2.05) is 30.3 Å². The van der Waals surface area contributed by atoms with E-state index in [1.165, 1.54) is 11.1 Å². The molecule has 1 unspecified atom stereocenters. The number of aromatic nitrogens is 1. The van der Waals surface area contributed by atoms with E-state index in [1.54, 1.807) is 0 Å². The van der Waals surface area contributed by atoms with Crippen molar-refractivity contribution in [1.29, 1.82) is 0 Å². The van der Waals surface area contributed by atoms with Gasteiger partial charge in [-0.1, -0.05) is 78.9 Å². The molecule has 0 amide bonds. The van der Waals surface area contributed by atoms with E-state index in [2.05, 4.69) is 66.2 Å². The molecule has 3 aromatic carbocycles. The van der Waals surface area contributed by atoms with Crippen LogP contribution < -0.4 is 0 Å². The molecule has 0 spiro atoms. The summed E-state index contributed by atoms with van der Waals surface area (Å²) in [6.45, 7) is 0. The van der Waals surface area contributed by atoms with E-state index in [4.69, 9.17) is 0 Å². The van der Waals surface area contributed by atoms with Crippen LogP contribution in [0, 0.1) is 0 Å². The van der Waals surface area contributed by atoms with Crippen molar-refractivity contribution in [2.75, 3.05) is 0 Å². The van der Waals surface area contributed by atoms with Gasteiger partial charge in [-0.3, -0.25) is 4.79 Å². The minimum absolute atomic E-state index is 0.121. The van der Waals surface area contributed by atoms with E-state index in [9.17, 15) is 4.79 Å². The Labute approximate surface area is 153 Å². The molecule has 0 radical (unpaired) electrons. The molecule has 1 heterocycles. The molecule has 128 valence electrons. The van der Waals surface area contributed by atoms with Crippen LogP contribution in [0.3, 0.4) is 0 Å². The van der Waals surface area contributed by atoms with Gasteiger partial charge in [0.2, 0.25) is 0 Å². The van der Waals surface area contributed by atoms with Gasteiger partial charge in [-0.05, 0) is 23.6 Å². The van der Waals surface area contributed by atoms with Crippen LogP contribution in [0.2, 0.25) is 0 Å². The fraction of sp³-hybridized carbons (Fsp3) is 0.125. The van der Waals surface area contributed by atoms with Gasteiger partial charge in [-0.25, -0.2) is 0 Å². The number of hydrogen-bond acceptors (Lipinski definition) is 1. The first-order chi connectivity index (χ1) is 12.8. The molecule has 0 aliphatic carbocycles. The second kappa shape index (κ2) is 7.01. The maximum Gasteiger partial charge on any atom is 0.152 e. The number of hydrogen-bond donors (Lipinski definition) is 0. The molecular weight excluding hydrogens is 318 g/mol. The van der Waals surface area contributed by atoms with E-state index < -0.39 is 0 Å². The summed E-state index contributed by atoms with van der Waals surface area (Å²) < 4.78 is 2.18. The first-order valence-electron chi connectivity index (χ1n) is 8.91. The molecule has 0 bridgehead atoms. The van der Waals surface area contributed by atoms with Crippen molar-refractivity contribution in [3.05, 3.63) is 107 Å². The molecule has 0 saturated carbocycles. The highest BCUT2D eigenvalue weighted by Crippen LogP contribution is 2.35. The van der Waals surface area contributed by atoms with Gasteiger partial charge in [0.25, 0.3) is 0 Å². The fourth-order valence-corrected chi connectivity index (χ4v) is 3.90. The number of para-hydroxylation sites is 1. The second-order valence-corrected chi connectivity index (χ2v) is 6.65. The fourth-order valence-electron chi connectivity index (χ4n) is 3.90. The third-order valence-electron chi connectivity index (χ3n) is 5.13. The van der Waals surface area contributed by atoms with Gasteiger partial charge in [0.1, 0.15) is 0 Å². The molecular formula is C24H21NO. The Morgan fingerprint density at radius 2 is 1.46 bits per heavy atom. The van der Waals surface area contributed by atoms with Gasteiger partial charge in [0, 0.05) is 35.1 Å². The molecule has 4 aromatic rings. The number of fused-ring (bicyclic) bond motifs is 1. The largest absolute Gasteiger partial charge is 0.346 e. The van der Waals surface area contributed by atoms with Gasteiger partial charge >= 0.3 is 0 Å². The Balaban J connectivity index is 1.93. The number of carbonyl (C=O) groups excluding carboxylic acids is 1. The number of nitrogens with zero attached hydrogens (tertiary/aromatic N) is 1. The van der Waals surface area contributed by atoms with Crippen molar-refractivity contribution < 1.29 is 4.79 Å². The zero-order valence-corrected chi connectivity index (χ0v) is 14.8. The predicted molar refractivity (Wildman–Crippen MR) is 107 cm³/mol. The van der Waals surface area contributed by atoms with E-state index in [0.717, 1.165) is 34.9 Å². The lowest BCUT2D eigenvalue weighted by Crippen LogP contribution is -2.11. The number of rotatable bonds is 5. The molecule has 0 aliphatic rings. The normalized spacial score (nSPS) is 12.2. The van der Waals surface area contributed by atoms with Gasteiger partial charge < -0.3 is 4.57 Å². The average molecular weight is 339 g/mol. The van der Waals surface area contributed by atoms with Crippen LogP contribution in [0.1, 0.15) is 33.1 Å². The topological polar surface area (TPSA) is 22.0 Å². The Hall–Kier alpha value is -3.13. The monoisotopic (exact) mass is 339 g/mol. The van der Waals surface area contributed by atoms with Crippen LogP contribution in [-0.2, 0) is 13.5 Å². The minimum Gasteiger partial charge on any atom is -0.346 e. The molecule has 26 heavy (non-hydrogen) atoms. The lowest BCUT2D eigenvalue weighted by Gasteiger charge is -2.20. The Morgan fingerprint density at radius 1 is 0.846 bits per heavy atom. The third-order valence-corrected chi connectivity index (χ3v) is 5.13. The molecule has 2 nitrogen and oxygen atoms in total. The van der Waals surface area contributed by atoms with Gasteiger partial charge in [-0.15, -0.1) is 0 Å². The number of aldehydes is 1. The van der Waals surface area contributed by atoms with Gasteiger partial charge in [0.15, 0.2) is 6.29 Å². The smallest absolute Gasteiger partial charge is 0.152 e. The van der Waals surface area contributed by atoms with Crippen LogP contribution >= 0.6 is 0 Å². The highest BCUT2D eigenvalue weighted by atomic mass is 16.1. The summed E-state index contributed by atoms with van der Waals surface area (Å²) in [6.07, 6.45) is 1.87. The van der Waals surface area contributed by atoms with E-state index >= 15 is 0 Å². The van der Waals surface area contributed by atoms with Gasteiger partial charge in [0.05, 0.1) is 0 Å². The summed E-state index contributed by atoms with van der Waals surface area (Å²) in [5.74, 6) is 0.121. The highest BCUT2D eigenvalue weighted by molar-refractivity contribution is 5.99. The molecule has 0 N–H and O–H groups in total. The van der Waals surface area contributed by atoms with Crippen molar-refractivity contribution >= 4 is 17.2 Å². The van der Waals surface area contributed by atoms with Crippen molar-refractivity contribution in [2.45, 2.75) is 12.3 Å². The lowest BCUT2D eigenvalue weighted by atomic mass is 9.87. The molecule has 0 aliphatic heterocycles. The molecule has 4 rings (SSSR count). The van der Waals surface area contributed by atoms with Crippen LogP contribution in [0.25, 0.3) is 10.9 Å². The summed E-state index contributed by atoms with van der Waals surface area (Å²) in [5, 5.41) is 1.02. The average Bonchev–Trinajstić information content (AvgIpc) is 2.99.